The van der Waals surface area contributed by atoms with E-state index in [2.05, 4.69) is 22.3 Å². The van der Waals surface area contributed by atoms with E-state index < -0.39 is 60.4 Å². The Morgan fingerprint density at radius 3 is 2.42 bits per heavy atom. The second kappa shape index (κ2) is 13.6. The fourth-order valence-corrected chi connectivity index (χ4v) is 7.18. The Balaban J connectivity index is 1.40. The van der Waals surface area contributed by atoms with Gasteiger partial charge in [0, 0.05) is 18.8 Å². The van der Waals surface area contributed by atoms with E-state index in [9.17, 15) is 27.6 Å². The van der Waals surface area contributed by atoms with Crippen molar-refractivity contribution in [1.29, 1.82) is 0 Å². The summed E-state index contributed by atoms with van der Waals surface area (Å²) in [6.07, 6.45) is -1.07. The molecule has 0 radical (unpaired) electrons. The second-order valence-electron chi connectivity index (χ2n) is 14.1. The van der Waals surface area contributed by atoms with Gasteiger partial charge in [-0.05, 0) is 114 Å². The minimum Gasteiger partial charge on any atom is -0.374 e. The number of halogens is 4. The van der Waals surface area contributed by atoms with Gasteiger partial charge in [0.05, 0.1) is 24.3 Å². The minimum atomic E-state index is -4.69. The smallest absolute Gasteiger partial charge is 0.374 e. The number of nitrogens with zero attached hydrogens (tertiary/aromatic N) is 3. The van der Waals surface area contributed by atoms with Gasteiger partial charge in [0.15, 0.2) is 6.04 Å². The molecular formula is C35H45F4N5O4. The van der Waals surface area contributed by atoms with Crippen molar-refractivity contribution in [1.82, 2.24) is 20.0 Å². The molecule has 1 aromatic carbocycles. The van der Waals surface area contributed by atoms with Gasteiger partial charge in [0.25, 0.3) is 5.91 Å². The molecule has 13 heteroatoms. The summed E-state index contributed by atoms with van der Waals surface area (Å²) in [6.45, 7) is 13.6. The van der Waals surface area contributed by atoms with Crippen molar-refractivity contribution in [3.63, 3.8) is 0 Å². The van der Waals surface area contributed by atoms with E-state index in [-0.39, 0.29) is 47.5 Å². The fraction of sp³-hybridized carbons (Fsp3) is 0.600. The highest BCUT2D eigenvalue weighted by Gasteiger charge is 2.54. The average Bonchev–Trinajstić information content (AvgIpc) is 3.94. The molecule has 5 rings (SSSR count). The summed E-state index contributed by atoms with van der Waals surface area (Å²) in [4.78, 5) is 41.8. The quantitative estimate of drug-likeness (QED) is 0.219. The van der Waals surface area contributed by atoms with E-state index in [0.29, 0.717) is 11.3 Å². The number of nitrogens with one attached hydrogen (secondary N) is 2. The van der Waals surface area contributed by atoms with Gasteiger partial charge in [-0.3, -0.25) is 19.1 Å². The Labute approximate surface area is 278 Å². The number of allylic oxidation sites excluding steroid dienone is 1. The standard InChI is InChI=1S/C35H45F4N5O4/c1-17(2)23-13-25(23)30(22-8-9-22)31(42-32(45)28-10-11-40-44(28)18(3)4)33(46)41-27-12-19(5)24(14-26(27)36)21(7)34(47)43-15-20(6)48-16-29(43)35(37,38)39/h10-12,14,18,20-23,25,29-31H,1,8-9,13,15-16H2,2-7H3,(H,41,46)(H,42,45)/t20?,21?,23?,25?,29?,30?,31-/m0/s1. The Bertz CT molecular complexity index is 1570. The molecule has 7 atom stereocenters. The van der Waals surface area contributed by atoms with Gasteiger partial charge in [0.1, 0.15) is 17.6 Å². The molecule has 3 aliphatic rings. The van der Waals surface area contributed by atoms with Crippen LogP contribution in [0.25, 0.3) is 0 Å². The van der Waals surface area contributed by atoms with Crippen molar-refractivity contribution in [2.45, 2.75) is 97.1 Å². The molecule has 9 nitrogen and oxygen atoms in total. The number of aromatic nitrogens is 2. The third-order valence-corrected chi connectivity index (χ3v) is 9.96. The SMILES string of the molecule is C=C(C)C1CC1C(C1CC1)[C@H](NC(=O)c1ccnn1C(C)C)C(=O)Nc1cc(C)c(C(C)C(=O)N2CC(C)OCC2C(F)(F)F)cc1F. The molecule has 1 saturated heterocycles. The number of hydrogen-bond donors (Lipinski definition) is 2. The molecule has 1 aromatic heterocycles. The molecule has 0 spiro atoms. The highest BCUT2D eigenvalue weighted by Crippen LogP contribution is 2.56. The number of morpholine rings is 1. The van der Waals surface area contributed by atoms with E-state index in [1.165, 1.54) is 19.2 Å². The molecule has 2 heterocycles. The molecule has 3 amide bonds. The van der Waals surface area contributed by atoms with Crippen LogP contribution < -0.4 is 10.6 Å². The number of ether oxygens (including phenoxy) is 1. The molecule has 262 valence electrons. The van der Waals surface area contributed by atoms with Gasteiger partial charge >= 0.3 is 6.18 Å². The largest absolute Gasteiger partial charge is 0.411 e. The van der Waals surface area contributed by atoms with Gasteiger partial charge in [0.2, 0.25) is 11.8 Å². The van der Waals surface area contributed by atoms with Crippen LogP contribution in [-0.4, -0.2) is 69.9 Å². The van der Waals surface area contributed by atoms with Crippen molar-refractivity contribution in [2.24, 2.45) is 23.7 Å². The topological polar surface area (TPSA) is 106 Å². The number of carbonyl (C=O) groups is 3. The highest BCUT2D eigenvalue weighted by molar-refractivity contribution is 6.01. The maximum atomic E-state index is 15.7. The number of anilines is 1. The first-order valence-corrected chi connectivity index (χ1v) is 16.6. The molecule has 1 aliphatic heterocycles. The zero-order valence-corrected chi connectivity index (χ0v) is 28.2. The lowest BCUT2D eigenvalue weighted by Crippen LogP contribution is -2.58. The van der Waals surface area contributed by atoms with Crippen molar-refractivity contribution in [2.75, 3.05) is 18.5 Å². The third-order valence-electron chi connectivity index (χ3n) is 9.96. The molecule has 0 bridgehead atoms. The molecule has 48 heavy (non-hydrogen) atoms. The zero-order valence-electron chi connectivity index (χ0n) is 28.2. The minimum absolute atomic E-state index is 0.0978. The number of aryl methyl sites for hydroxylation is 1. The monoisotopic (exact) mass is 675 g/mol. The lowest BCUT2D eigenvalue weighted by atomic mass is 9.86. The van der Waals surface area contributed by atoms with Crippen molar-refractivity contribution >= 4 is 23.4 Å². The van der Waals surface area contributed by atoms with E-state index in [1.807, 2.05) is 20.8 Å². The molecule has 3 fully saturated rings. The summed E-state index contributed by atoms with van der Waals surface area (Å²) in [5.74, 6) is -3.37. The first-order valence-electron chi connectivity index (χ1n) is 16.6. The van der Waals surface area contributed by atoms with Gasteiger partial charge in [-0.1, -0.05) is 12.2 Å². The number of rotatable bonds is 11. The van der Waals surface area contributed by atoms with Crippen LogP contribution in [0.15, 0.2) is 36.5 Å². The van der Waals surface area contributed by atoms with Crippen LogP contribution >= 0.6 is 0 Å². The lowest BCUT2D eigenvalue weighted by molar-refractivity contribution is -0.221. The van der Waals surface area contributed by atoms with Gasteiger partial charge in [-0.25, -0.2) is 4.39 Å². The summed E-state index contributed by atoms with van der Waals surface area (Å²) in [6, 6.07) is 0.877. The van der Waals surface area contributed by atoms with Crippen LogP contribution in [0.2, 0.25) is 0 Å². The third kappa shape index (κ3) is 7.45. The van der Waals surface area contributed by atoms with Crippen LogP contribution in [0, 0.1) is 36.4 Å². The summed E-state index contributed by atoms with van der Waals surface area (Å²) in [7, 11) is 0. The lowest BCUT2D eigenvalue weighted by Gasteiger charge is -2.40. The Hall–Kier alpha value is -3.74. The van der Waals surface area contributed by atoms with Crippen LogP contribution in [0.3, 0.4) is 0 Å². The first kappa shape index (κ1) is 35.6. The fourth-order valence-electron chi connectivity index (χ4n) is 7.18. The van der Waals surface area contributed by atoms with E-state index in [0.717, 1.165) is 35.8 Å². The normalized spacial score (nSPS) is 24.5. The van der Waals surface area contributed by atoms with Crippen LogP contribution in [0.4, 0.5) is 23.2 Å². The Morgan fingerprint density at radius 1 is 1.15 bits per heavy atom. The molecule has 6 unspecified atom stereocenters. The van der Waals surface area contributed by atoms with Crippen molar-refractivity contribution < 1.29 is 36.7 Å². The number of amides is 3. The number of alkyl halides is 3. The van der Waals surface area contributed by atoms with Crippen LogP contribution in [0.1, 0.15) is 87.5 Å². The van der Waals surface area contributed by atoms with E-state index >= 15 is 4.39 Å². The van der Waals surface area contributed by atoms with Gasteiger partial charge in [-0.15, -0.1) is 0 Å². The molecule has 2 saturated carbocycles. The van der Waals surface area contributed by atoms with Crippen molar-refractivity contribution in [3.8, 4) is 0 Å². The summed E-state index contributed by atoms with van der Waals surface area (Å²) in [5, 5.41) is 9.88. The predicted molar refractivity (Wildman–Crippen MR) is 172 cm³/mol. The number of carbonyl (C=O) groups excluding carboxylic acids is 3. The molecule has 2 aromatic rings. The van der Waals surface area contributed by atoms with Gasteiger partial charge < -0.3 is 20.3 Å². The highest BCUT2D eigenvalue weighted by atomic mass is 19.4. The van der Waals surface area contributed by atoms with E-state index in [1.54, 1.807) is 24.6 Å². The zero-order chi connectivity index (χ0) is 35.2. The average molecular weight is 676 g/mol. The molecule has 2 aliphatic carbocycles. The molecular weight excluding hydrogens is 630 g/mol. The van der Waals surface area contributed by atoms with E-state index in [4.69, 9.17) is 4.74 Å². The predicted octanol–water partition coefficient (Wildman–Crippen LogP) is 6.17. The Kier molecular flexibility index (Phi) is 10.1. The van der Waals surface area contributed by atoms with Gasteiger partial charge in [-0.2, -0.15) is 18.3 Å². The first-order chi connectivity index (χ1) is 22.5. The van der Waals surface area contributed by atoms with Crippen LogP contribution in [0.5, 0.6) is 0 Å². The summed E-state index contributed by atoms with van der Waals surface area (Å²) >= 11 is 0. The maximum absolute atomic E-state index is 15.7. The summed E-state index contributed by atoms with van der Waals surface area (Å²) < 4.78 is 63.8. The van der Waals surface area contributed by atoms with Crippen LogP contribution in [-0.2, 0) is 14.3 Å². The number of benzene rings is 1. The maximum Gasteiger partial charge on any atom is 0.411 e. The summed E-state index contributed by atoms with van der Waals surface area (Å²) in [5.41, 5.74) is 1.80. The van der Waals surface area contributed by atoms with Crippen molar-refractivity contribution in [3.05, 3.63) is 59.2 Å². The Morgan fingerprint density at radius 2 is 1.83 bits per heavy atom. The number of hydrogen-bond acceptors (Lipinski definition) is 5. The second-order valence-corrected chi connectivity index (χ2v) is 14.1. The molecule has 2 N–H and O–H groups in total.